The Labute approximate surface area is 392 Å². The SMILES string of the molecule is CCCCCCCCCCCCCCCCCCCCCCCCCCCCCCC/C=C/C(O)C(COP(=O)([O-])OCC[N+](C)(C)C)NC(=O)CCCCCCCCCCCC. The van der Waals surface area contributed by atoms with Crippen molar-refractivity contribution in [1.29, 1.82) is 0 Å². The van der Waals surface area contributed by atoms with Crippen molar-refractivity contribution in [2.75, 3.05) is 40.9 Å². The number of hydrogen-bond acceptors (Lipinski definition) is 6. The van der Waals surface area contributed by atoms with Gasteiger partial charge in [0.05, 0.1) is 39.9 Å². The van der Waals surface area contributed by atoms with Crippen LogP contribution in [-0.2, 0) is 18.4 Å². The second-order valence-corrected chi connectivity index (χ2v) is 21.7. The molecule has 3 atom stereocenters. The van der Waals surface area contributed by atoms with E-state index in [-0.39, 0.29) is 19.1 Å². The quantitative estimate of drug-likeness (QED) is 0.0272. The van der Waals surface area contributed by atoms with E-state index in [0.29, 0.717) is 17.4 Å². The number of likely N-dealkylation sites (N-methyl/N-ethyl adjacent to an activating group) is 1. The van der Waals surface area contributed by atoms with Gasteiger partial charge in [0, 0.05) is 6.42 Å². The molecule has 376 valence electrons. The number of allylic oxidation sites excluding steroid dienone is 1. The zero-order chi connectivity index (χ0) is 46.4. The maximum atomic E-state index is 12.8. The molecule has 0 aromatic carbocycles. The number of nitrogens with one attached hydrogen (secondary N) is 1. The lowest BCUT2D eigenvalue weighted by atomic mass is 10.0. The summed E-state index contributed by atoms with van der Waals surface area (Å²) < 4.78 is 23.2. The third-order valence-electron chi connectivity index (χ3n) is 12.7. The lowest BCUT2D eigenvalue weighted by molar-refractivity contribution is -0.870. The number of phosphoric acid groups is 1. The van der Waals surface area contributed by atoms with Crippen molar-refractivity contribution in [3.63, 3.8) is 0 Å². The molecule has 9 heteroatoms. The Bertz CT molecular complexity index is 1040. The molecule has 1 amide bonds. The van der Waals surface area contributed by atoms with Crippen LogP contribution in [0.1, 0.15) is 277 Å². The lowest BCUT2D eigenvalue weighted by Crippen LogP contribution is -2.45. The predicted molar refractivity (Wildman–Crippen MR) is 270 cm³/mol. The third-order valence-corrected chi connectivity index (χ3v) is 13.7. The van der Waals surface area contributed by atoms with Gasteiger partial charge in [-0.2, -0.15) is 0 Å². The molecule has 0 aromatic rings. The number of amides is 1. The predicted octanol–water partition coefficient (Wildman–Crippen LogP) is 15.6. The van der Waals surface area contributed by atoms with E-state index in [2.05, 4.69) is 19.2 Å². The van der Waals surface area contributed by atoms with Gasteiger partial charge in [-0.25, -0.2) is 0 Å². The smallest absolute Gasteiger partial charge is 0.268 e. The van der Waals surface area contributed by atoms with E-state index >= 15 is 0 Å². The minimum Gasteiger partial charge on any atom is -0.756 e. The molecule has 3 unspecified atom stereocenters. The van der Waals surface area contributed by atoms with Crippen LogP contribution in [0.15, 0.2) is 12.2 Å². The lowest BCUT2D eigenvalue weighted by Gasteiger charge is -2.29. The molecule has 63 heavy (non-hydrogen) atoms. The molecule has 0 saturated heterocycles. The Morgan fingerprint density at radius 2 is 0.857 bits per heavy atom. The number of aliphatic hydroxyl groups is 1. The Morgan fingerprint density at radius 1 is 0.540 bits per heavy atom. The fourth-order valence-electron chi connectivity index (χ4n) is 8.39. The van der Waals surface area contributed by atoms with Gasteiger partial charge in [-0.3, -0.25) is 9.36 Å². The van der Waals surface area contributed by atoms with Crippen LogP contribution in [0.25, 0.3) is 0 Å². The van der Waals surface area contributed by atoms with Crippen LogP contribution in [-0.4, -0.2) is 68.5 Å². The van der Waals surface area contributed by atoms with Crippen LogP contribution in [0.4, 0.5) is 0 Å². The van der Waals surface area contributed by atoms with Crippen LogP contribution in [0.2, 0.25) is 0 Å². The standard InChI is InChI=1S/C54H109N2O6P/c1-6-8-10-12-14-16-18-19-20-21-22-23-24-25-26-27-28-29-30-31-32-33-34-35-36-37-38-39-41-43-45-47-53(57)52(51-62-63(59,60)61-50-49-56(3,4)5)55-54(58)48-46-44-42-40-17-15-13-11-9-7-2/h45,47,52-53,57H,6-44,46,48-51H2,1-5H3,(H-,55,58,59,60)/b47-45+. The minimum atomic E-state index is -4.58. The second-order valence-electron chi connectivity index (χ2n) is 20.3. The molecule has 0 heterocycles. The van der Waals surface area contributed by atoms with Crippen LogP contribution in [0, 0.1) is 0 Å². The average Bonchev–Trinajstić information content (AvgIpc) is 3.24. The van der Waals surface area contributed by atoms with Crippen LogP contribution in [0.3, 0.4) is 0 Å². The van der Waals surface area contributed by atoms with Gasteiger partial charge >= 0.3 is 0 Å². The van der Waals surface area contributed by atoms with E-state index in [0.717, 1.165) is 38.5 Å². The van der Waals surface area contributed by atoms with E-state index < -0.39 is 20.0 Å². The highest BCUT2D eigenvalue weighted by Gasteiger charge is 2.23. The van der Waals surface area contributed by atoms with Crippen molar-refractivity contribution in [3.8, 4) is 0 Å². The third kappa shape index (κ3) is 49.0. The molecule has 0 rings (SSSR count). The number of carbonyl (C=O) groups excluding carboxylic acids is 1. The van der Waals surface area contributed by atoms with Crippen molar-refractivity contribution in [3.05, 3.63) is 12.2 Å². The summed E-state index contributed by atoms with van der Waals surface area (Å²) in [5.74, 6) is -0.196. The van der Waals surface area contributed by atoms with Gasteiger partial charge in [0.15, 0.2) is 0 Å². The van der Waals surface area contributed by atoms with Crippen LogP contribution in [0.5, 0.6) is 0 Å². The van der Waals surface area contributed by atoms with E-state index in [9.17, 15) is 19.4 Å². The zero-order valence-electron chi connectivity index (χ0n) is 42.8. The molecule has 0 fully saturated rings. The number of rotatable bonds is 51. The van der Waals surface area contributed by atoms with Gasteiger partial charge in [-0.15, -0.1) is 0 Å². The Morgan fingerprint density at radius 3 is 1.19 bits per heavy atom. The number of hydrogen-bond donors (Lipinski definition) is 2. The van der Waals surface area contributed by atoms with Crippen LogP contribution >= 0.6 is 7.82 Å². The molecule has 8 nitrogen and oxygen atoms in total. The number of carbonyl (C=O) groups is 1. The van der Waals surface area contributed by atoms with Gasteiger partial charge in [0.1, 0.15) is 13.2 Å². The minimum absolute atomic E-state index is 0.00217. The van der Waals surface area contributed by atoms with Gasteiger partial charge in [0.2, 0.25) is 5.91 Å². The van der Waals surface area contributed by atoms with E-state index in [1.807, 2.05) is 27.2 Å². The molecule has 0 bridgehead atoms. The summed E-state index contributed by atoms with van der Waals surface area (Å²) in [4.78, 5) is 25.3. The first-order valence-corrected chi connectivity index (χ1v) is 29.0. The second kappa shape index (κ2) is 46.4. The largest absolute Gasteiger partial charge is 0.756 e. The fourth-order valence-corrected chi connectivity index (χ4v) is 9.11. The molecular weight excluding hydrogens is 804 g/mol. The van der Waals surface area contributed by atoms with Crippen LogP contribution < -0.4 is 10.2 Å². The highest BCUT2D eigenvalue weighted by atomic mass is 31.2. The normalized spacial score (nSPS) is 14.1. The first-order valence-electron chi connectivity index (χ1n) is 27.6. The highest BCUT2D eigenvalue weighted by molar-refractivity contribution is 7.45. The van der Waals surface area contributed by atoms with Crippen molar-refractivity contribution in [2.45, 2.75) is 289 Å². The van der Waals surface area contributed by atoms with Crippen molar-refractivity contribution in [2.24, 2.45) is 0 Å². The summed E-state index contributed by atoms with van der Waals surface area (Å²) in [6, 6.07) is -0.880. The number of quaternary nitrogens is 1. The molecule has 0 aliphatic carbocycles. The molecule has 0 saturated carbocycles. The molecule has 0 aliphatic heterocycles. The molecule has 0 spiro atoms. The number of unbranched alkanes of at least 4 members (excludes halogenated alkanes) is 38. The summed E-state index contributed by atoms with van der Waals surface area (Å²) in [6.07, 6.45) is 55.9. The summed E-state index contributed by atoms with van der Waals surface area (Å²) in [6.45, 7) is 4.66. The van der Waals surface area contributed by atoms with E-state index in [4.69, 9.17) is 9.05 Å². The molecule has 2 N–H and O–H groups in total. The van der Waals surface area contributed by atoms with Gasteiger partial charge in [-0.1, -0.05) is 264 Å². The monoisotopic (exact) mass is 913 g/mol. The summed E-state index contributed by atoms with van der Waals surface area (Å²) >= 11 is 0. The zero-order valence-corrected chi connectivity index (χ0v) is 43.7. The maximum absolute atomic E-state index is 12.8. The van der Waals surface area contributed by atoms with Gasteiger partial charge in [-0.05, 0) is 19.3 Å². The maximum Gasteiger partial charge on any atom is 0.268 e. The van der Waals surface area contributed by atoms with Gasteiger partial charge < -0.3 is 28.8 Å². The van der Waals surface area contributed by atoms with Crippen molar-refractivity contribution in [1.82, 2.24) is 5.32 Å². The topological polar surface area (TPSA) is 108 Å². The Kier molecular flexibility index (Phi) is 45.8. The first kappa shape index (κ1) is 62.2. The number of aliphatic hydroxyl groups excluding tert-OH is 1. The summed E-state index contributed by atoms with van der Waals surface area (Å²) in [7, 11) is 1.27. The molecule has 0 aliphatic rings. The number of phosphoric ester groups is 1. The van der Waals surface area contributed by atoms with Crippen molar-refractivity contribution >= 4 is 13.7 Å². The summed E-state index contributed by atoms with van der Waals surface area (Å²) in [5.41, 5.74) is 0. The average molecular weight is 913 g/mol. The van der Waals surface area contributed by atoms with E-state index in [1.54, 1.807) is 6.08 Å². The molecule has 0 radical (unpaired) electrons. The van der Waals surface area contributed by atoms with Crippen molar-refractivity contribution < 1.29 is 32.9 Å². The Hall–Kier alpha value is -0.760. The van der Waals surface area contributed by atoms with Gasteiger partial charge in [0.25, 0.3) is 7.82 Å². The van der Waals surface area contributed by atoms with E-state index in [1.165, 1.54) is 218 Å². The highest BCUT2D eigenvalue weighted by Crippen LogP contribution is 2.38. The first-order chi connectivity index (χ1) is 30.5. The Balaban J connectivity index is 4.00. The fraction of sp³-hybridized carbons (Fsp3) is 0.944. The molecule has 0 aromatic heterocycles. The number of nitrogens with zero attached hydrogens (tertiary/aromatic N) is 1. The molecular formula is C54H109N2O6P. The summed E-state index contributed by atoms with van der Waals surface area (Å²) in [5, 5.41) is 13.8.